The van der Waals surface area contributed by atoms with Gasteiger partial charge >= 0.3 is 0 Å². The molecule has 1 aliphatic rings. The van der Waals surface area contributed by atoms with Gasteiger partial charge in [0.15, 0.2) is 0 Å². The summed E-state index contributed by atoms with van der Waals surface area (Å²) in [6.45, 7) is 3.77. The number of piperazine rings is 1. The molecule has 1 atom stereocenters. The molecular weight excluding hydrogens is 324 g/mol. The second-order valence-electron chi connectivity index (χ2n) is 6.13. The van der Waals surface area contributed by atoms with Crippen LogP contribution in [0.3, 0.4) is 0 Å². The molecule has 2 heterocycles. The number of imidazole rings is 1. The summed E-state index contributed by atoms with van der Waals surface area (Å²) >= 11 is 0. The topological polar surface area (TPSA) is 67.2 Å². The van der Waals surface area contributed by atoms with Crippen molar-refractivity contribution < 1.29 is 8.42 Å². The molecule has 2 aromatic rings. The Balaban J connectivity index is 1.92. The van der Waals surface area contributed by atoms with E-state index in [2.05, 4.69) is 17.2 Å². The Bertz CT molecular complexity index is 783. The summed E-state index contributed by atoms with van der Waals surface area (Å²) < 4.78 is 29.7. The number of sulfonamides is 1. The van der Waals surface area contributed by atoms with Crippen LogP contribution in [-0.4, -0.2) is 41.9 Å². The molecule has 1 aliphatic heterocycles. The summed E-state index contributed by atoms with van der Waals surface area (Å²) in [7, 11) is -1.66. The predicted octanol–water partition coefficient (Wildman–Crippen LogP) is 1.71. The maximum Gasteiger partial charge on any atom is 0.243 e. The zero-order valence-corrected chi connectivity index (χ0v) is 15.0. The smallest absolute Gasteiger partial charge is 0.243 e. The lowest BCUT2D eigenvalue weighted by atomic mass is 10.1. The number of hydrogen-bond donors (Lipinski definition) is 1. The molecule has 3 rings (SSSR count). The Labute approximate surface area is 143 Å². The number of nitrogens with one attached hydrogen (secondary N) is 1. The first-order valence-corrected chi connectivity index (χ1v) is 9.76. The average Bonchev–Trinajstić information content (AvgIpc) is 3.01. The summed E-state index contributed by atoms with van der Waals surface area (Å²) in [5.41, 5.74) is 1.16. The Morgan fingerprint density at radius 2 is 2.04 bits per heavy atom. The van der Waals surface area contributed by atoms with Crippen LogP contribution in [0.4, 0.5) is 0 Å². The second-order valence-corrected chi connectivity index (χ2v) is 8.02. The standard InChI is InChI=1S/C17H24N4O2S/c1-3-4-14-5-7-15(8-6-14)24(22,23)21-12-9-18-13-16(21)17-19-10-11-20(17)2/h5-8,10-11,16,18H,3-4,9,12-13H2,1-2H3. The molecule has 1 unspecified atom stereocenters. The number of aryl methyl sites for hydroxylation is 2. The van der Waals surface area contributed by atoms with Crippen LogP contribution in [0, 0.1) is 0 Å². The lowest BCUT2D eigenvalue weighted by Crippen LogP contribution is -2.49. The van der Waals surface area contributed by atoms with E-state index in [4.69, 9.17) is 0 Å². The fraction of sp³-hybridized carbons (Fsp3) is 0.471. The van der Waals surface area contributed by atoms with E-state index in [-0.39, 0.29) is 6.04 Å². The van der Waals surface area contributed by atoms with Crippen LogP contribution in [0.1, 0.15) is 30.8 Å². The molecule has 7 heteroatoms. The lowest BCUT2D eigenvalue weighted by Gasteiger charge is -2.34. The van der Waals surface area contributed by atoms with Gasteiger partial charge in [0.2, 0.25) is 10.0 Å². The first-order chi connectivity index (χ1) is 11.5. The monoisotopic (exact) mass is 348 g/mol. The first kappa shape index (κ1) is 17.1. The molecule has 130 valence electrons. The van der Waals surface area contributed by atoms with E-state index in [9.17, 15) is 8.42 Å². The summed E-state index contributed by atoms with van der Waals surface area (Å²) in [4.78, 5) is 4.70. The predicted molar refractivity (Wildman–Crippen MR) is 93.1 cm³/mol. The van der Waals surface area contributed by atoms with Crippen molar-refractivity contribution in [2.45, 2.75) is 30.7 Å². The van der Waals surface area contributed by atoms with Gasteiger partial charge in [0.25, 0.3) is 0 Å². The van der Waals surface area contributed by atoms with Crippen molar-refractivity contribution in [3.8, 4) is 0 Å². The molecule has 0 radical (unpaired) electrons. The highest BCUT2D eigenvalue weighted by Crippen LogP contribution is 2.28. The van der Waals surface area contributed by atoms with E-state index >= 15 is 0 Å². The van der Waals surface area contributed by atoms with E-state index in [0.717, 1.165) is 24.2 Å². The molecule has 1 fully saturated rings. The van der Waals surface area contributed by atoms with Crippen molar-refractivity contribution >= 4 is 10.0 Å². The van der Waals surface area contributed by atoms with E-state index in [1.807, 2.05) is 29.9 Å². The Kier molecular flexibility index (Phi) is 5.03. The maximum atomic E-state index is 13.1. The van der Waals surface area contributed by atoms with Crippen LogP contribution < -0.4 is 5.32 Å². The molecule has 6 nitrogen and oxygen atoms in total. The van der Waals surface area contributed by atoms with Gasteiger partial charge in [-0.25, -0.2) is 13.4 Å². The van der Waals surface area contributed by atoms with E-state index in [1.165, 1.54) is 0 Å². The fourth-order valence-electron chi connectivity index (χ4n) is 3.14. The molecule has 0 bridgehead atoms. The van der Waals surface area contributed by atoms with E-state index in [0.29, 0.717) is 24.5 Å². The van der Waals surface area contributed by atoms with Crippen LogP contribution >= 0.6 is 0 Å². The van der Waals surface area contributed by atoms with E-state index < -0.39 is 10.0 Å². The molecule has 0 aliphatic carbocycles. The molecule has 0 saturated carbocycles. The highest BCUT2D eigenvalue weighted by Gasteiger charge is 2.36. The van der Waals surface area contributed by atoms with Crippen molar-refractivity contribution in [1.82, 2.24) is 19.2 Å². The second kappa shape index (κ2) is 7.04. The minimum Gasteiger partial charge on any atom is -0.337 e. The third kappa shape index (κ3) is 3.24. The summed E-state index contributed by atoms with van der Waals surface area (Å²) in [5, 5.41) is 3.27. The van der Waals surface area contributed by atoms with Gasteiger partial charge in [-0.1, -0.05) is 25.5 Å². The molecule has 24 heavy (non-hydrogen) atoms. The molecule has 1 saturated heterocycles. The van der Waals surface area contributed by atoms with Gasteiger partial charge < -0.3 is 9.88 Å². The van der Waals surface area contributed by atoms with Crippen LogP contribution in [0.2, 0.25) is 0 Å². The minimum absolute atomic E-state index is 0.293. The Hall–Kier alpha value is -1.70. The molecule has 0 amide bonds. The molecule has 1 N–H and O–H groups in total. The molecular formula is C17H24N4O2S. The molecule has 1 aromatic heterocycles. The van der Waals surface area contributed by atoms with Crippen LogP contribution in [0.5, 0.6) is 0 Å². The summed E-state index contributed by atoms with van der Waals surface area (Å²) in [6, 6.07) is 6.97. The first-order valence-electron chi connectivity index (χ1n) is 8.32. The maximum absolute atomic E-state index is 13.1. The normalized spacial score (nSPS) is 19.5. The van der Waals surface area contributed by atoms with Gasteiger partial charge in [0.05, 0.1) is 10.9 Å². The van der Waals surface area contributed by atoms with Gasteiger partial charge in [-0.15, -0.1) is 0 Å². The number of rotatable bonds is 5. The summed E-state index contributed by atoms with van der Waals surface area (Å²) in [5.74, 6) is 0.758. The molecule has 0 spiro atoms. The van der Waals surface area contributed by atoms with Gasteiger partial charge in [0.1, 0.15) is 5.82 Å². The minimum atomic E-state index is -3.55. The average molecular weight is 348 g/mol. The van der Waals surface area contributed by atoms with Gasteiger partial charge in [-0.3, -0.25) is 0 Å². The Morgan fingerprint density at radius 3 is 2.67 bits per heavy atom. The van der Waals surface area contributed by atoms with Crippen molar-refractivity contribution in [2.24, 2.45) is 7.05 Å². The largest absolute Gasteiger partial charge is 0.337 e. The van der Waals surface area contributed by atoms with Crippen LogP contribution in [0.25, 0.3) is 0 Å². The van der Waals surface area contributed by atoms with E-state index in [1.54, 1.807) is 22.6 Å². The summed E-state index contributed by atoms with van der Waals surface area (Å²) in [6.07, 6.45) is 5.55. The fourth-order valence-corrected chi connectivity index (χ4v) is 4.73. The van der Waals surface area contributed by atoms with Crippen LogP contribution in [-0.2, 0) is 23.5 Å². The van der Waals surface area contributed by atoms with Gasteiger partial charge in [0, 0.05) is 39.1 Å². The quantitative estimate of drug-likeness (QED) is 0.893. The SMILES string of the molecule is CCCc1ccc(S(=O)(=O)N2CCNCC2c2nccn2C)cc1. The Morgan fingerprint density at radius 1 is 1.29 bits per heavy atom. The molecule has 1 aromatic carbocycles. The zero-order valence-electron chi connectivity index (χ0n) is 14.1. The zero-order chi connectivity index (χ0) is 17.2. The number of aromatic nitrogens is 2. The third-order valence-corrected chi connectivity index (χ3v) is 6.34. The van der Waals surface area contributed by atoms with Crippen molar-refractivity contribution in [1.29, 1.82) is 0 Å². The number of benzene rings is 1. The van der Waals surface area contributed by atoms with Crippen molar-refractivity contribution in [3.63, 3.8) is 0 Å². The third-order valence-electron chi connectivity index (χ3n) is 4.42. The lowest BCUT2D eigenvalue weighted by molar-refractivity contribution is 0.258. The van der Waals surface area contributed by atoms with Gasteiger partial charge in [-0.05, 0) is 24.1 Å². The van der Waals surface area contributed by atoms with Crippen molar-refractivity contribution in [3.05, 3.63) is 48.0 Å². The number of hydrogen-bond acceptors (Lipinski definition) is 4. The van der Waals surface area contributed by atoms with Crippen LogP contribution in [0.15, 0.2) is 41.6 Å². The number of nitrogens with zero attached hydrogens (tertiary/aromatic N) is 3. The highest BCUT2D eigenvalue weighted by atomic mass is 32.2. The van der Waals surface area contributed by atoms with Crippen molar-refractivity contribution in [2.75, 3.05) is 19.6 Å². The van der Waals surface area contributed by atoms with Gasteiger partial charge in [-0.2, -0.15) is 4.31 Å². The highest BCUT2D eigenvalue weighted by molar-refractivity contribution is 7.89.